The molecule has 1 aromatic carbocycles. The lowest BCUT2D eigenvalue weighted by Crippen LogP contribution is -2.21. The number of aromatic hydroxyl groups is 1. The summed E-state index contributed by atoms with van der Waals surface area (Å²) >= 11 is 0. The zero-order valence-electron chi connectivity index (χ0n) is 15.5. The minimum Gasteiger partial charge on any atom is -0.494 e. The SMILES string of the molecule is CCn1c(O)c(C=O)c(C)c(N=Nc2cc(NC)ccc2S(=O)(=O)O)c1=O.N. The number of hydrogen-bond donors (Lipinski definition) is 4. The summed E-state index contributed by atoms with van der Waals surface area (Å²) in [5.74, 6) is -0.482. The van der Waals surface area contributed by atoms with Gasteiger partial charge in [-0.05, 0) is 37.6 Å². The van der Waals surface area contributed by atoms with Crippen LogP contribution in [0, 0.1) is 6.92 Å². The maximum atomic E-state index is 12.5. The number of carbonyl (C=O) groups is 1. The molecule has 2 aromatic rings. The van der Waals surface area contributed by atoms with Gasteiger partial charge in [0.1, 0.15) is 10.6 Å². The van der Waals surface area contributed by atoms with Crippen LogP contribution in [-0.4, -0.2) is 36.0 Å². The number of nitrogens with one attached hydrogen (secondary N) is 1. The van der Waals surface area contributed by atoms with Crippen LogP contribution < -0.4 is 17.0 Å². The number of carbonyl (C=O) groups excluding carboxylic acids is 1. The number of pyridine rings is 1. The summed E-state index contributed by atoms with van der Waals surface area (Å²) < 4.78 is 33.4. The van der Waals surface area contributed by atoms with Gasteiger partial charge < -0.3 is 16.6 Å². The third-order valence-corrected chi connectivity index (χ3v) is 4.82. The summed E-state index contributed by atoms with van der Waals surface area (Å²) in [4.78, 5) is 23.3. The largest absolute Gasteiger partial charge is 0.494 e. The van der Waals surface area contributed by atoms with Gasteiger partial charge >= 0.3 is 0 Å². The highest BCUT2D eigenvalue weighted by molar-refractivity contribution is 7.86. The predicted molar refractivity (Wildman–Crippen MR) is 103 cm³/mol. The van der Waals surface area contributed by atoms with E-state index in [0.717, 1.165) is 10.6 Å². The van der Waals surface area contributed by atoms with Crippen molar-refractivity contribution in [3.63, 3.8) is 0 Å². The highest BCUT2D eigenvalue weighted by Crippen LogP contribution is 2.30. The minimum absolute atomic E-state index is 0. The normalized spacial score (nSPS) is 11.3. The predicted octanol–water partition coefficient (Wildman–Crippen LogP) is 2.56. The second-order valence-electron chi connectivity index (χ2n) is 5.49. The van der Waals surface area contributed by atoms with Gasteiger partial charge in [0.25, 0.3) is 15.7 Å². The Balaban J connectivity index is 0.00000392. The van der Waals surface area contributed by atoms with Crippen LogP contribution in [0.15, 0.2) is 38.1 Å². The first-order valence-corrected chi connectivity index (χ1v) is 9.22. The van der Waals surface area contributed by atoms with Crippen molar-refractivity contribution >= 4 is 33.5 Å². The molecule has 0 atom stereocenters. The van der Waals surface area contributed by atoms with Crippen molar-refractivity contribution < 1.29 is 22.9 Å². The van der Waals surface area contributed by atoms with Crippen molar-refractivity contribution in [2.75, 3.05) is 12.4 Å². The van der Waals surface area contributed by atoms with E-state index in [-0.39, 0.29) is 35.2 Å². The zero-order valence-corrected chi connectivity index (χ0v) is 16.3. The van der Waals surface area contributed by atoms with E-state index in [1.165, 1.54) is 19.1 Å². The second kappa shape index (κ2) is 8.73. The van der Waals surface area contributed by atoms with Crippen molar-refractivity contribution in [3.8, 4) is 5.88 Å². The first kappa shape index (κ1) is 23.0. The van der Waals surface area contributed by atoms with Gasteiger partial charge in [0.05, 0.1) is 5.56 Å². The Morgan fingerprint density at radius 3 is 2.43 bits per heavy atom. The Hall–Kier alpha value is -3.09. The van der Waals surface area contributed by atoms with Gasteiger partial charge in [-0.1, -0.05) is 0 Å². The van der Waals surface area contributed by atoms with Crippen LogP contribution in [-0.2, 0) is 16.7 Å². The molecule has 0 saturated heterocycles. The van der Waals surface area contributed by atoms with Crippen LogP contribution in [0.4, 0.5) is 17.1 Å². The standard InChI is InChI=1S/C16H18N4O6S.H3N/c1-4-20-15(22)11(8-21)9(2)14(16(20)23)19-18-12-7-10(17-3)5-6-13(12)27(24,25)26;/h5-8,17,22H,4H2,1-3H3,(H,24,25,26);1H3. The molecule has 0 unspecified atom stereocenters. The van der Waals surface area contributed by atoms with E-state index in [1.54, 1.807) is 14.0 Å². The van der Waals surface area contributed by atoms with Crippen LogP contribution >= 0.6 is 0 Å². The van der Waals surface area contributed by atoms with Crippen molar-refractivity contribution in [2.24, 2.45) is 10.2 Å². The molecule has 0 aliphatic rings. The van der Waals surface area contributed by atoms with Crippen molar-refractivity contribution in [1.82, 2.24) is 10.7 Å². The van der Waals surface area contributed by atoms with Crippen LogP contribution in [0.5, 0.6) is 5.88 Å². The maximum Gasteiger partial charge on any atom is 0.296 e. The number of anilines is 1. The Bertz CT molecular complexity index is 1090. The molecule has 1 aromatic heterocycles. The van der Waals surface area contributed by atoms with Gasteiger partial charge in [0.15, 0.2) is 12.0 Å². The van der Waals surface area contributed by atoms with E-state index in [1.807, 2.05) is 0 Å². The van der Waals surface area contributed by atoms with E-state index in [4.69, 9.17) is 0 Å². The molecule has 2 rings (SSSR count). The average Bonchev–Trinajstić information content (AvgIpc) is 2.61. The fourth-order valence-electron chi connectivity index (χ4n) is 2.45. The fraction of sp³-hybridized carbons (Fsp3) is 0.250. The van der Waals surface area contributed by atoms with Crippen molar-refractivity contribution in [3.05, 3.63) is 39.7 Å². The first-order valence-electron chi connectivity index (χ1n) is 7.78. The van der Waals surface area contributed by atoms with Crippen LogP contribution in [0.1, 0.15) is 22.8 Å². The molecule has 11 nitrogen and oxygen atoms in total. The summed E-state index contributed by atoms with van der Waals surface area (Å²) in [6.07, 6.45) is 0.389. The third-order valence-electron chi connectivity index (χ3n) is 3.92. The number of hydrogen-bond acceptors (Lipinski definition) is 9. The van der Waals surface area contributed by atoms with Crippen molar-refractivity contribution in [1.29, 1.82) is 0 Å². The van der Waals surface area contributed by atoms with Gasteiger partial charge in [0.2, 0.25) is 5.88 Å². The van der Waals surface area contributed by atoms with E-state index in [9.17, 15) is 27.7 Å². The molecule has 0 aliphatic carbocycles. The van der Waals surface area contributed by atoms with E-state index in [0.29, 0.717) is 12.0 Å². The van der Waals surface area contributed by atoms with Gasteiger partial charge in [-0.2, -0.15) is 8.42 Å². The Labute approximate surface area is 161 Å². The average molecular weight is 411 g/mol. The minimum atomic E-state index is -4.58. The number of aldehydes is 1. The zero-order chi connectivity index (χ0) is 20.4. The van der Waals surface area contributed by atoms with Crippen LogP contribution in [0.3, 0.4) is 0 Å². The number of benzene rings is 1. The molecule has 0 radical (unpaired) electrons. The smallest absolute Gasteiger partial charge is 0.296 e. The monoisotopic (exact) mass is 411 g/mol. The molecule has 1 heterocycles. The molecule has 0 saturated carbocycles. The summed E-state index contributed by atoms with van der Waals surface area (Å²) in [5.41, 5.74) is -0.651. The highest BCUT2D eigenvalue weighted by Gasteiger charge is 2.19. The summed E-state index contributed by atoms with van der Waals surface area (Å²) in [6.45, 7) is 3.09. The molecular weight excluding hydrogens is 390 g/mol. The number of nitrogens with zero attached hydrogens (tertiary/aromatic N) is 3. The van der Waals surface area contributed by atoms with Crippen LogP contribution in [0.2, 0.25) is 0 Å². The lowest BCUT2D eigenvalue weighted by molar-refractivity contribution is 0.111. The molecule has 0 aliphatic heterocycles. The van der Waals surface area contributed by atoms with Crippen molar-refractivity contribution in [2.45, 2.75) is 25.3 Å². The first-order chi connectivity index (χ1) is 12.6. The van der Waals surface area contributed by atoms with Gasteiger partial charge in [0, 0.05) is 19.3 Å². The quantitative estimate of drug-likeness (QED) is 0.317. The highest BCUT2D eigenvalue weighted by atomic mass is 32.2. The second-order valence-corrected chi connectivity index (χ2v) is 6.88. The summed E-state index contributed by atoms with van der Waals surface area (Å²) in [6, 6.07) is 3.88. The molecule has 0 fully saturated rings. The Kier molecular flexibility index (Phi) is 7.16. The third kappa shape index (κ3) is 4.24. The van der Waals surface area contributed by atoms with Gasteiger partial charge in [-0.25, -0.2) is 0 Å². The molecule has 0 bridgehead atoms. The topological polar surface area (TPSA) is 185 Å². The summed E-state index contributed by atoms with van der Waals surface area (Å²) in [7, 11) is -2.98. The molecule has 12 heteroatoms. The lowest BCUT2D eigenvalue weighted by Gasteiger charge is -2.11. The van der Waals surface area contributed by atoms with Gasteiger partial charge in [-0.15, -0.1) is 10.2 Å². The number of aromatic nitrogens is 1. The Morgan fingerprint density at radius 2 is 1.93 bits per heavy atom. The molecule has 0 amide bonds. The van der Waals surface area contributed by atoms with E-state index in [2.05, 4.69) is 15.5 Å². The number of rotatable bonds is 6. The van der Waals surface area contributed by atoms with E-state index >= 15 is 0 Å². The lowest BCUT2D eigenvalue weighted by atomic mass is 10.1. The molecule has 0 spiro atoms. The molecule has 28 heavy (non-hydrogen) atoms. The van der Waals surface area contributed by atoms with Crippen LogP contribution in [0.25, 0.3) is 0 Å². The molecular formula is C16H21N5O6S. The fourth-order valence-corrected chi connectivity index (χ4v) is 3.05. The summed E-state index contributed by atoms with van der Waals surface area (Å²) in [5, 5.41) is 20.4. The molecule has 152 valence electrons. The van der Waals surface area contributed by atoms with Gasteiger partial charge in [-0.3, -0.25) is 18.7 Å². The Morgan fingerprint density at radius 1 is 1.29 bits per heavy atom. The molecule has 6 N–H and O–H groups in total. The van der Waals surface area contributed by atoms with E-state index < -0.39 is 26.5 Å². The maximum absolute atomic E-state index is 12.5. The number of azo groups is 1.